The molecule has 0 aliphatic rings. The third kappa shape index (κ3) is 6.48. The minimum Gasteiger partial charge on any atom is -0.493 e. The number of rotatable bonds is 10. The standard InChI is InChI=1S/C18H30NO4/c1-6-23-17(20)12-7-8-13-19(2,3)14-15-10-9-11-16(21-4)18(15)22-5/h9-11H,6-8,12-14H2,1-5H3/q+1. The second-order valence-corrected chi connectivity index (χ2v) is 6.23. The molecule has 0 atom stereocenters. The van der Waals surface area contributed by atoms with E-state index in [0.29, 0.717) is 13.0 Å². The van der Waals surface area contributed by atoms with Crippen LogP contribution < -0.4 is 9.47 Å². The third-order valence-electron chi connectivity index (χ3n) is 3.78. The zero-order chi connectivity index (χ0) is 17.3. The van der Waals surface area contributed by atoms with Crippen LogP contribution in [-0.2, 0) is 16.1 Å². The Morgan fingerprint density at radius 1 is 1.13 bits per heavy atom. The Bertz CT molecular complexity index is 500. The minimum atomic E-state index is -0.104. The second kappa shape index (κ2) is 9.40. The molecule has 1 aromatic rings. The number of para-hydroxylation sites is 1. The van der Waals surface area contributed by atoms with Crippen LogP contribution in [0.3, 0.4) is 0 Å². The molecule has 1 rings (SSSR count). The molecule has 1 aromatic carbocycles. The van der Waals surface area contributed by atoms with Crippen LogP contribution in [0, 0.1) is 0 Å². The van der Waals surface area contributed by atoms with Crippen molar-refractivity contribution in [3.05, 3.63) is 23.8 Å². The van der Waals surface area contributed by atoms with E-state index in [4.69, 9.17) is 14.2 Å². The van der Waals surface area contributed by atoms with Crippen LogP contribution >= 0.6 is 0 Å². The summed E-state index contributed by atoms with van der Waals surface area (Å²) in [5.41, 5.74) is 1.13. The van der Waals surface area contributed by atoms with E-state index in [2.05, 4.69) is 20.2 Å². The molecule has 0 heterocycles. The highest BCUT2D eigenvalue weighted by Gasteiger charge is 2.20. The Balaban J connectivity index is 2.56. The van der Waals surface area contributed by atoms with Crippen molar-refractivity contribution in [2.75, 3.05) is 41.5 Å². The van der Waals surface area contributed by atoms with Gasteiger partial charge in [0.2, 0.25) is 0 Å². The molecule has 0 aliphatic heterocycles. The van der Waals surface area contributed by atoms with Crippen LogP contribution in [-0.4, -0.2) is 51.9 Å². The third-order valence-corrected chi connectivity index (χ3v) is 3.78. The van der Waals surface area contributed by atoms with Gasteiger partial charge >= 0.3 is 5.97 Å². The number of hydrogen-bond donors (Lipinski definition) is 0. The summed E-state index contributed by atoms with van der Waals surface area (Å²) in [4.78, 5) is 11.4. The molecule has 0 aliphatic carbocycles. The van der Waals surface area contributed by atoms with Crippen LogP contribution in [0.5, 0.6) is 11.5 Å². The lowest BCUT2D eigenvalue weighted by Gasteiger charge is -2.30. The molecule has 0 unspecified atom stereocenters. The quantitative estimate of drug-likeness (QED) is 0.377. The lowest BCUT2D eigenvalue weighted by Crippen LogP contribution is -2.39. The van der Waals surface area contributed by atoms with Crippen LogP contribution in [0.4, 0.5) is 0 Å². The minimum absolute atomic E-state index is 0.104. The summed E-state index contributed by atoms with van der Waals surface area (Å²) in [7, 11) is 7.68. The predicted molar refractivity (Wildman–Crippen MR) is 90.7 cm³/mol. The van der Waals surface area contributed by atoms with E-state index >= 15 is 0 Å². The monoisotopic (exact) mass is 324 g/mol. The molecule has 0 N–H and O–H groups in total. The molecule has 23 heavy (non-hydrogen) atoms. The molecular formula is C18H30NO4+. The van der Waals surface area contributed by atoms with Gasteiger partial charge in [-0.1, -0.05) is 6.07 Å². The van der Waals surface area contributed by atoms with Crippen LogP contribution in [0.1, 0.15) is 31.7 Å². The highest BCUT2D eigenvalue weighted by molar-refractivity contribution is 5.69. The van der Waals surface area contributed by atoms with Crippen molar-refractivity contribution in [2.45, 2.75) is 32.7 Å². The Kier molecular flexibility index (Phi) is 7.89. The highest BCUT2D eigenvalue weighted by atomic mass is 16.5. The largest absolute Gasteiger partial charge is 0.493 e. The summed E-state index contributed by atoms with van der Waals surface area (Å²) in [5.74, 6) is 1.45. The molecule has 0 fully saturated rings. The van der Waals surface area contributed by atoms with Crippen LogP contribution in [0.15, 0.2) is 18.2 Å². The number of quaternary nitrogens is 1. The van der Waals surface area contributed by atoms with E-state index in [9.17, 15) is 4.79 Å². The van der Waals surface area contributed by atoms with Gasteiger partial charge in [0.15, 0.2) is 11.5 Å². The number of carbonyl (C=O) groups excluding carboxylic acids is 1. The fourth-order valence-electron chi connectivity index (χ4n) is 2.66. The van der Waals surface area contributed by atoms with Crippen LogP contribution in [0.2, 0.25) is 0 Å². The van der Waals surface area contributed by atoms with Gasteiger partial charge in [-0.15, -0.1) is 0 Å². The summed E-state index contributed by atoms with van der Waals surface area (Å²) in [6.45, 7) is 4.12. The van der Waals surface area contributed by atoms with Gasteiger partial charge in [-0.25, -0.2) is 0 Å². The van der Waals surface area contributed by atoms with Gasteiger partial charge in [0.05, 0.1) is 47.0 Å². The number of ether oxygens (including phenoxy) is 3. The zero-order valence-electron chi connectivity index (χ0n) is 15.1. The molecule has 0 radical (unpaired) electrons. The molecule has 0 saturated carbocycles. The molecular weight excluding hydrogens is 294 g/mol. The molecule has 0 aromatic heterocycles. The van der Waals surface area contributed by atoms with Crippen molar-refractivity contribution in [3.63, 3.8) is 0 Å². The Morgan fingerprint density at radius 2 is 1.87 bits per heavy atom. The first kappa shape index (κ1) is 19.3. The molecule has 130 valence electrons. The zero-order valence-corrected chi connectivity index (χ0v) is 15.1. The van der Waals surface area contributed by atoms with Crippen molar-refractivity contribution in [1.82, 2.24) is 0 Å². The van der Waals surface area contributed by atoms with Gasteiger partial charge in [0.25, 0.3) is 0 Å². The molecule has 5 heteroatoms. The topological polar surface area (TPSA) is 44.8 Å². The van der Waals surface area contributed by atoms with Crippen molar-refractivity contribution in [1.29, 1.82) is 0 Å². The predicted octanol–water partition coefficient (Wildman–Crippen LogP) is 3.01. The van der Waals surface area contributed by atoms with Gasteiger partial charge in [-0.05, 0) is 31.9 Å². The number of benzene rings is 1. The van der Waals surface area contributed by atoms with Crippen molar-refractivity contribution in [3.8, 4) is 11.5 Å². The fourth-order valence-corrected chi connectivity index (χ4v) is 2.66. The fraction of sp³-hybridized carbons (Fsp3) is 0.611. The Morgan fingerprint density at radius 3 is 2.48 bits per heavy atom. The van der Waals surface area contributed by atoms with E-state index in [-0.39, 0.29) is 5.97 Å². The second-order valence-electron chi connectivity index (χ2n) is 6.23. The summed E-state index contributed by atoms with van der Waals surface area (Å²) < 4.78 is 16.6. The van der Waals surface area contributed by atoms with Gasteiger partial charge < -0.3 is 18.7 Å². The van der Waals surface area contributed by atoms with Crippen LogP contribution in [0.25, 0.3) is 0 Å². The maximum atomic E-state index is 11.4. The number of carbonyl (C=O) groups is 1. The SMILES string of the molecule is CCOC(=O)CCCC[N+](C)(C)Cc1cccc(OC)c1OC. The van der Waals surface area contributed by atoms with Gasteiger partial charge in [-0.2, -0.15) is 0 Å². The number of esters is 1. The van der Waals surface area contributed by atoms with Gasteiger partial charge in [-0.3, -0.25) is 4.79 Å². The van der Waals surface area contributed by atoms with Gasteiger partial charge in [0, 0.05) is 6.42 Å². The number of hydrogen-bond acceptors (Lipinski definition) is 4. The average Bonchev–Trinajstić information content (AvgIpc) is 2.51. The smallest absolute Gasteiger partial charge is 0.305 e. The van der Waals surface area contributed by atoms with E-state index in [1.54, 1.807) is 14.2 Å². The summed E-state index contributed by atoms with van der Waals surface area (Å²) in [5, 5.41) is 0. The lowest BCUT2D eigenvalue weighted by molar-refractivity contribution is -0.903. The van der Waals surface area contributed by atoms with E-state index in [1.165, 1.54) is 0 Å². The number of methoxy groups -OCH3 is 2. The lowest BCUT2D eigenvalue weighted by atomic mass is 10.1. The van der Waals surface area contributed by atoms with Gasteiger partial charge in [0.1, 0.15) is 6.54 Å². The number of unbranched alkanes of at least 4 members (excludes halogenated alkanes) is 1. The Hall–Kier alpha value is -1.75. The van der Waals surface area contributed by atoms with E-state index < -0.39 is 0 Å². The maximum Gasteiger partial charge on any atom is 0.305 e. The molecule has 0 spiro atoms. The summed E-state index contributed by atoms with van der Waals surface area (Å²) in [6, 6.07) is 5.96. The average molecular weight is 324 g/mol. The Labute approximate surface area is 139 Å². The summed E-state index contributed by atoms with van der Waals surface area (Å²) >= 11 is 0. The molecule has 0 amide bonds. The first-order chi connectivity index (χ1) is 10.9. The first-order valence-corrected chi connectivity index (χ1v) is 8.11. The first-order valence-electron chi connectivity index (χ1n) is 8.11. The van der Waals surface area contributed by atoms with Crippen molar-refractivity contribution < 1.29 is 23.5 Å². The van der Waals surface area contributed by atoms with E-state index in [1.807, 2.05) is 19.1 Å². The molecule has 0 saturated heterocycles. The van der Waals surface area contributed by atoms with E-state index in [0.717, 1.165) is 47.5 Å². The molecule has 0 bridgehead atoms. The molecule has 5 nitrogen and oxygen atoms in total. The van der Waals surface area contributed by atoms with Crippen molar-refractivity contribution >= 4 is 5.97 Å². The normalized spacial score (nSPS) is 11.2. The summed E-state index contributed by atoms with van der Waals surface area (Å²) in [6.07, 6.45) is 2.34. The highest BCUT2D eigenvalue weighted by Crippen LogP contribution is 2.32. The maximum absolute atomic E-state index is 11.4. The van der Waals surface area contributed by atoms with Crippen molar-refractivity contribution in [2.24, 2.45) is 0 Å². The number of nitrogens with zero attached hydrogens (tertiary/aromatic N) is 1.